The Morgan fingerprint density at radius 2 is 1.08 bits per heavy atom. The van der Waals surface area contributed by atoms with Crippen LogP contribution in [-0.4, -0.2) is 13.7 Å². The van der Waals surface area contributed by atoms with Gasteiger partial charge in [-0.15, -0.1) is 0 Å². The molecule has 0 amide bonds. The topological polar surface area (TPSA) is 34.1 Å². The Labute approximate surface area is 152 Å². The number of rotatable bonds is 6. The molecule has 0 bridgehead atoms. The van der Waals surface area contributed by atoms with Crippen LogP contribution in [0.4, 0.5) is 8.78 Å². The average Bonchev–Trinajstić information content (AvgIpc) is 2.68. The molecule has 134 valence electrons. The van der Waals surface area contributed by atoms with Crippen molar-refractivity contribution in [3.63, 3.8) is 0 Å². The summed E-state index contributed by atoms with van der Waals surface area (Å²) in [6.07, 6.45) is -0.821. The van der Waals surface area contributed by atoms with Crippen LogP contribution in [-0.2, 0) is 9.84 Å². The van der Waals surface area contributed by atoms with Crippen LogP contribution < -0.4 is 0 Å². The Kier molecular flexibility index (Phi) is 5.18. The molecule has 2 nitrogen and oxygen atoms in total. The zero-order valence-electron chi connectivity index (χ0n) is 13.9. The van der Waals surface area contributed by atoms with Crippen molar-refractivity contribution in [1.29, 1.82) is 0 Å². The smallest absolute Gasteiger partial charge is 0.217 e. The van der Waals surface area contributed by atoms with Crippen LogP contribution in [0.5, 0.6) is 0 Å². The van der Waals surface area contributed by atoms with Crippen LogP contribution in [0.1, 0.15) is 23.5 Å². The van der Waals surface area contributed by atoms with Gasteiger partial charge in [0.25, 0.3) is 0 Å². The van der Waals surface area contributed by atoms with Gasteiger partial charge in [-0.3, -0.25) is 0 Å². The van der Waals surface area contributed by atoms with Crippen molar-refractivity contribution in [1.82, 2.24) is 0 Å². The second-order valence-corrected chi connectivity index (χ2v) is 8.11. The van der Waals surface area contributed by atoms with E-state index in [9.17, 15) is 17.2 Å². The lowest BCUT2D eigenvalue weighted by atomic mass is 9.89. The molecule has 0 fully saturated rings. The predicted molar refractivity (Wildman–Crippen MR) is 97.9 cm³/mol. The molecule has 0 unspecified atom stereocenters. The summed E-state index contributed by atoms with van der Waals surface area (Å²) >= 11 is 0. The van der Waals surface area contributed by atoms with E-state index in [-0.39, 0.29) is 4.90 Å². The molecule has 0 saturated heterocycles. The van der Waals surface area contributed by atoms with Crippen molar-refractivity contribution in [2.24, 2.45) is 0 Å². The summed E-state index contributed by atoms with van der Waals surface area (Å²) < 4.78 is 54.8. The minimum absolute atomic E-state index is 0.370. The minimum atomic E-state index is -4.78. The predicted octanol–water partition coefficient (Wildman–Crippen LogP) is 5.28. The van der Waals surface area contributed by atoms with E-state index in [1.165, 1.54) is 24.3 Å². The Balaban J connectivity index is 2.01. The summed E-state index contributed by atoms with van der Waals surface area (Å²) in [7, 11) is -4.78. The normalized spacial score (nSPS) is 12.3. The highest BCUT2D eigenvalue weighted by Gasteiger charge is 2.47. The Morgan fingerprint density at radius 1 is 0.692 bits per heavy atom. The van der Waals surface area contributed by atoms with Gasteiger partial charge in [-0.25, -0.2) is 8.42 Å². The van der Waals surface area contributed by atoms with E-state index in [2.05, 4.69) is 0 Å². The standard InChI is InChI=1S/C21H18F2O2S/c22-21(23,26(24,25)19-14-8-3-9-15-19)16-20(17-10-4-1-5-11-17)18-12-6-2-7-13-18/h1-15,20H,16H2. The van der Waals surface area contributed by atoms with E-state index in [1.807, 2.05) is 0 Å². The largest absolute Gasteiger partial charge is 0.350 e. The van der Waals surface area contributed by atoms with Crippen molar-refractivity contribution < 1.29 is 17.2 Å². The van der Waals surface area contributed by atoms with E-state index in [1.54, 1.807) is 66.7 Å². The highest BCUT2D eigenvalue weighted by atomic mass is 32.2. The fourth-order valence-electron chi connectivity index (χ4n) is 2.92. The van der Waals surface area contributed by atoms with Crippen LogP contribution in [0.2, 0.25) is 0 Å². The molecular weight excluding hydrogens is 354 g/mol. The van der Waals surface area contributed by atoms with Crippen molar-refractivity contribution in [2.45, 2.75) is 22.5 Å². The second kappa shape index (κ2) is 7.38. The van der Waals surface area contributed by atoms with E-state index in [0.717, 1.165) is 0 Å². The number of hydrogen-bond acceptors (Lipinski definition) is 2. The lowest BCUT2D eigenvalue weighted by Gasteiger charge is -2.24. The molecule has 0 atom stereocenters. The molecule has 0 saturated carbocycles. The molecule has 0 aliphatic rings. The van der Waals surface area contributed by atoms with Crippen LogP contribution in [0.3, 0.4) is 0 Å². The first-order chi connectivity index (χ1) is 12.4. The molecule has 0 heterocycles. The summed E-state index contributed by atoms with van der Waals surface area (Å²) in [6.45, 7) is 0. The first kappa shape index (κ1) is 18.3. The SMILES string of the molecule is O=S(=O)(c1ccccc1)C(F)(F)CC(c1ccccc1)c1ccccc1. The molecule has 0 aliphatic carbocycles. The maximum absolute atomic E-state index is 14.9. The van der Waals surface area contributed by atoms with Gasteiger partial charge in [0.2, 0.25) is 9.84 Å². The van der Waals surface area contributed by atoms with Gasteiger partial charge in [-0.1, -0.05) is 78.9 Å². The summed E-state index contributed by atoms with van der Waals surface area (Å²) in [5.74, 6) is -0.731. The average molecular weight is 372 g/mol. The summed E-state index contributed by atoms with van der Waals surface area (Å²) in [4.78, 5) is -0.370. The summed E-state index contributed by atoms with van der Waals surface area (Å²) in [6, 6.07) is 24.4. The molecule has 26 heavy (non-hydrogen) atoms. The third kappa shape index (κ3) is 3.68. The van der Waals surface area contributed by atoms with Crippen LogP contribution in [0.15, 0.2) is 95.9 Å². The summed E-state index contributed by atoms with van der Waals surface area (Å²) in [5.41, 5.74) is 1.31. The lowest BCUT2D eigenvalue weighted by Crippen LogP contribution is -2.31. The zero-order chi connectivity index (χ0) is 18.6. The first-order valence-corrected chi connectivity index (χ1v) is 9.67. The molecule has 3 rings (SSSR count). The minimum Gasteiger partial charge on any atom is -0.217 e. The van der Waals surface area contributed by atoms with Gasteiger partial charge in [0.1, 0.15) is 0 Å². The number of halogens is 2. The number of alkyl halides is 2. The van der Waals surface area contributed by atoms with E-state index >= 15 is 0 Å². The zero-order valence-corrected chi connectivity index (χ0v) is 14.7. The van der Waals surface area contributed by atoms with Crippen molar-refractivity contribution in [2.75, 3.05) is 0 Å². The van der Waals surface area contributed by atoms with Gasteiger partial charge in [-0.2, -0.15) is 8.78 Å². The molecule has 0 radical (unpaired) electrons. The quantitative estimate of drug-likeness (QED) is 0.590. The maximum atomic E-state index is 14.9. The highest BCUT2D eigenvalue weighted by molar-refractivity contribution is 7.92. The summed E-state index contributed by atoms with van der Waals surface area (Å²) in [5, 5.41) is -3.90. The molecule has 3 aromatic carbocycles. The molecule has 3 aromatic rings. The number of benzene rings is 3. The molecule has 0 spiro atoms. The number of sulfone groups is 1. The number of hydrogen-bond donors (Lipinski definition) is 0. The Morgan fingerprint density at radius 3 is 1.50 bits per heavy atom. The van der Waals surface area contributed by atoms with Crippen LogP contribution in [0, 0.1) is 0 Å². The molecule has 0 N–H and O–H groups in total. The fraction of sp³-hybridized carbons (Fsp3) is 0.143. The molecule has 0 aliphatic heterocycles. The van der Waals surface area contributed by atoms with Gasteiger partial charge >= 0.3 is 5.25 Å². The highest BCUT2D eigenvalue weighted by Crippen LogP contribution is 2.40. The monoisotopic (exact) mass is 372 g/mol. The van der Waals surface area contributed by atoms with Gasteiger partial charge < -0.3 is 0 Å². The van der Waals surface area contributed by atoms with Crippen molar-refractivity contribution >= 4 is 9.84 Å². The third-order valence-electron chi connectivity index (χ3n) is 4.29. The van der Waals surface area contributed by atoms with E-state index in [0.29, 0.717) is 11.1 Å². The van der Waals surface area contributed by atoms with Gasteiger partial charge in [0.15, 0.2) is 0 Å². The second-order valence-electron chi connectivity index (χ2n) is 6.03. The van der Waals surface area contributed by atoms with Gasteiger partial charge in [0.05, 0.1) is 4.90 Å². The Bertz CT molecular complexity index is 902. The molecule has 0 aromatic heterocycles. The van der Waals surface area contributed by atoms with Gasteiger partial charge in [0, 0.05) is 12.3 Å². The van der Waals surface area contributed by atoms with Gasteiger partial charge in [-0.05, 0) is 23.3 Å². The van der Waals surface area contributed by atoms with Crippen molar-refractivity contribution in [3.8, 4) is 0 Å². The third-order valence-corrected chi connectivity index (χ3v) is 6.14. The van der Waals surface area contributed by atoms with Crippen LogP contribution in [0.25, 0.3) is 0 Å². The van der Waals surface area contributed by atoms with E-state index < -0.39 is 27.4 Å². The molecular formula is C21H18F2O2S. The van der Waals surface area contributed by atoms with Crippen molar-refractivity contribution in [3.05, 3.63) is 102 Å². The van der Waals surface area contributed by atoms with E-state index in [4.69, 9.17) is 0 Å². The Hall–Kier alpha value is -2.53. The first-order valence-electron chi connectivity index (χ1n) is 8.19. The fourth-order valence-corrected chi connectivity index (χ4v) is 4.16. The maximum Gasteiger partial charge on any atom is 0.350 e. The molecule has 5 heteroatoms. The lowest BCUT2D eigenvalue weighted by molar-refractivity contribution is 0.0773. The van der Waals surface area contributed by atoms with Crippen LogP contribution >= 0.6 is 0 Å².